The van der Waals surface area contributed by atoms with E-state index in [0.717, 1.165) is 32.4 Å². The van der Waals surface area contributed by atoms with Gasteiger partial charge in [0.2, 0.25) is 5.92 Å². The molecule has 17 heavy (non-hydrogen) atoms. The van der Waals surface area contributed by atoms with E-state index in [1.54, 1.807) is 0 Å². The van der Waals surface area contributed by atoms with E-state index >= 15 is 0 Å². The lowest BCUT2D eigenvalue weighted by atomic mass is 9.82. The number of nitrogens with one attached hydrogen (secondary N) is 1. The molecule has 0 saturated heterocycles. The molecule has 0 heterocycles. The predicted molar refractivity (Wildman–Crippen MR) is 68.4 cm³/mol. The van der Waals surface area contributed by atoms with E-state index in [9.17, 15) is 8.78 Å². The molecule has 0 radical (unpaired) electrons. The third-order valence-electron chi connectivity index (χ3n) is 3.42. The molecule has 0 aromatic rings. The Morgan fingerprint density at radius 3 is 2.88 bits per heavy atom. The normalized spacial score (nSPS) is 24.9. The third-order valence-corrected chi connectivity index (χ3v) is 3.42. The highest BCUT2D eigenvalue weighted by Crippen LogP contribution is 2.39. The van der Waals surface area contributed by atoms with Gasteiger partial charge in [-0.15, -0.1) is 0 Å². The summed E-state index contributed by atoms with van der Waals surface area (Å²) in [6.45, 7) is 6.12. The first-order chi connectivity index (χ1) is 8.03. The van der Waals surface area contributed by atoms with Gasteiger partial charge >= 0.3 is 0 Å². The molecule has 1 saturated carbocycles. The molecule has 1 fully saturated rings. The van der Waals surface area contributed by atoms with Crippen LogP contribution in [0.3, 0.4) is 0 Å². The van der Waals surface area contributed by atoms with Crippen molar-refractivity contribution < 1.29 is 8.78 Å². The van der Waals surface area contributed by atoms with Gasteiger partial charge in [-0.1, -0.05) is 18.6 Å². The Kier molecular flexibility index (Phi) is 6.10. The molecule has 0 bridgehead atoms. The van der Waals surface area contributed by atoms with Crippen molar-refractivity contribution in [2.24, 2.45) is 5.92 Å². The Morgan fingerprint density at radius 1 is 1.47 bits per heavy atom. The molecule has 1 aliphatic carbocycles. The van der Waals surface area contributed by atoms with Crippen LogP contribution in [0.2, 0.25) is 0 Å². The first-order valence-electron chi connectivity index (χ1n) is 6.77. The molecule has 100 valence electrons. The second-order valence-corrected chi connectivity index (χ2v) is 5.22. The van der Waals surface area contributed by atoms with Crippen molar-refractivity contribution in [2.45, 2.75) is 58.3 Å². The molecule has 1 N–H and O–H groups in total. The van der Waals surface area contributed by atoms with Gasteiger partial charge in [0.05, 0.1) is 0 Å². The Morgan fingerprint density at radius 2 is 2.24 bits per heavy atom. The van der Waals surface area contributed by atoms with Gasteiger partial charge in [0.15, 0.2) is 0 Å². The lowest BCUT2D eigenvalue weighted by Crippen LogP contribution is -2.26. The smallest absolute Gasteiger partial charge is 0.248 e. The van der Waals surface area contributed by atoms with Gasteiger partial charge in [-0.25, -0.2) is 8.78 Å². The van der Waals surface area contributed by atoms with Crippen LogP contribution < -0.4 is 5.32 Å². The van der Waals surface area contributed by atoms with Gasteiger partial charge in [0, 0.05) is 12.8 Å². The van der Waals surface area contributed by atoms with Gasteiger partial charge in [-0.3, -0.25) is 0 Å². The number of allylic oxidation sites excluding steroid dienone is 1. The first kappa shape index (κ1) is 14.6. The summed E-state index contributed by atoms with van der Waals surface area (Å²) in [4.78, 5) is 0. The monoisotopic (exact) mass is 245 g/mol. The molecular formula is C14H25F2N. The lowest BCUT2D eigenvalue weighted by Gasteiger charge is -2.29. The summed E-state index contributed by atoms with van der Waals surface area (Å²) in [5.74, 6) is -2.22. The van der Waals surface area contributed by atoms with E-state index in [1.807, 2.05) is 0 Å². The fourth-order valence-corrected chi connectivity index (χ4v) is 2.59. The molecule has 1 atom stereocenters. The Hall–Kier alpha value is -0.440. The first-order valence-corrected chi connectivity index (χ1v) is 6.77. The van der Waals surface area contributed by atoms with Crippen LogP contribution in [0.5, 0.6) is 0 Å². The maximum absolute atomic E-state index is 13.2. The van der Waals surface area contributed by atoms with Crippen molar-refractivity contribution in [1.29, 1.82) is 0 Å². The summed E-state index contributed by atoms with van der Waals surface area (Å²) in [7, 11) is 0. The van der Waals surface area contributed by atoms with Crippen molar-refractivity contribution >= 4 is 0 Å². The summed E-state index contributed by atoms with van der Waals surface area (Å²) in [5.41, 5.74) is 1.27. The van der Waals surface area contributed by atoms with Gasteiger partial charge in [0.1, 0.15) is 0 Å². The molecule has 0 aromatic heterocycles. The topological polar surface area (TPSA) is 12.0 Å². The van der Waals surface area contributed by atoms with Crippen LogP contribution in [-0.4, -0.2) is 19.0 Å². The molecule has 0 aromatic carbocycles. The van der Waals surface area contributed by atoms with Crippen molar-refractivity contribution in [1.82, 2.24) is 5.32 Å². The molecule has 1 nitrogen and oxygen atoms in total. The molecule has 1 aliphatic rings. The minimum atomic E-state index is -2.41. The minimum Gasteiger partial charge on any atom is -0.317 e. The van der Waals surface area contributed by atoms with Crippen LogP contribution in [0, 0.1) is 5.92 Å². The minimum absolute atomic E-state index is 0.0887. The zero-order valence-corrected chi connectivity index (χ0v) is 11.1. The van der Waals surface area contributed by atoms with Gasteiger partial charge in [-0.2, -0.15) is 0 Å². The standard InChI is InChI=1S/C14H25F2N/c1-3-17-9-5-6-12(2)10-13-7-4-8-14(15,16)11-13/h6,13,17H,3-5,7-11H2,1-2H3/b12-6-. The fraction of sp³-hybridized carbons (Fsp3) is 0.857. The van der Waals surface area contributed by atoms with E-state index in [2.05, 4.69) is 25.2 Å². The van der Waals surface area contributed by atoms with Crippen LogP contribution in [0.1, 0.15) is 52.4 Å². The largest absolute Gasteiger partial charge is 0.317 e. The van der Waals surface area contributed by atoms with Gasteiger partial charge < -0.3 is 5.32 Å². The van der Waals surface area contributed by atoms with Crippen molar-refractivity contribution in [2.75, 3.05) is 13.1 Å². The number of halogens is 2. The highest BCUT2D eigenvalue weighted by molar-refractivity contribution is 5.00. The lowest BCUT2D eigenvalue weighted by molar-refractivity contribution is -0.0521. The number of rotatable bonds is 6. The Balaban J connectivity index is 2.27. The van der Waals surface area contributed by atoms with Crippen LogP contribution in [0.15, 0.2) is 11.6 Å². The number of alkyl halides is 2. The molecule has 0 spiro atoms. The number of hydrogen-bond donors (Lipinski definition) is 1. The average Bonchev–Trinajstić information content (AvgIpc) is 2.23. The Bertz CT molecular complexity index is 249. The summed E-state index contributed by atoms with van der Waals surface area (Å²) < 4.78 is 26.5. The van der Waals surface area contributed by atoms with Crippen molar-refractivity contribution in [3.63, 3.8) is 0 Å². The van der Waals surface area contributed by atoms with Crippen LogP contribution in [-0.2, 0) is 0 Å². The second-order valence-electron chi connectivity index (χ2n) is 5.22. The average molecular weight is 245 g/mol. The quantitative estimate of drug-likeness (QED) is 0.547. The summed E-state index contributed by atoms with van der Waals surface area (Å²) in [6, 6.07) is 0. The SMILES string of the molecule is CCNCC/C=C(/C)CC1CCCC(F)(F)C1. The van der Waals surface area contributed by atoms with Gasteiger partial charge in [0.25, 0.3) is 0 Å². The van der Waals surface area contributed by atoms with E-state index in [1.165, 1.54) is 5.57 Å². The molecular weight excluding hydrogens is 220 g/mol. The maximum atomic E-state index is 13.2. The summed E-state index contributed by atoms with van der Waals surface area (Å²) >= 11 is 0. The number of hydrogen-bond acceptors (Lipinski definition) is 1. The zero-order chi connectivity index (χ0) is 12.7. The predicted octanol–water partition coefficient (Wildman–Crippen LogP) is 4.15. The van der Waals surface area contributed by atoms with E-state index in [4.69, 9.17) is 0 Å². The third kappa shape index (κ3) is 6.16. The molecule has 1 rings (SSSR count). The van der Waals surface area contributed by atoms with Crippen LogP contribution in [0.4, 0.5) is 8.78 Å². The summed E-state index contributed by atoms with van der Waals surface area (Å²) in [6.07, 6.45) is 5.87. The fourth-order valence-electron chi connectivity index (χ4n) is 2.59. The van der Waals surface area contributed by atoms with Crippen LogP contribution in [0.25, 0.3) is 0 Å². The van der Waals surface area contributed by atoms with Crippen molar-refractivity contribution in [3.8, 4) is 0 Å². The zero-order valence-electron chi connectivity index (χ0n) is 11.1. The highest BCUT2D eigenvalue weighted by atomic mass is 19.3. The van der Waals surface area contributed by atoms with Crippen molar-refractivity contribution in [3.05, 3.63) is 11.6 Å². The molecule has 1 unspecified atom stereocenters. The van der Waals surface area contributed by atoms with E-state index in [-0.39, 0.29) is 18.8 Å². The highest BCUT2D eigenvalue weighted by Gasteiger charge is 2.35. The second kappa shape index (κ2) is 7.10. The molecule has 0 amide bonds. The Labute approximate surface area is 104 Å². The molecule has 0 aliphatic heterocycles. The maximum Gasteiger partial charge on any atom is 0.248 e. The van der Waals surface area contributed by atoms with Gasteiger partial charge in [-0.05, 0) is 51.6 Å². The van der Waals surface area contributed by atoms with E-state index < -0.39 is 5.92 Å². The van der Waals surface area contributed by atoms with E-state index in [0.29, 0.717) is 6.42 Å². The van der Waals surface area contributed by atoms with Crippen LogP contribution >= 0.6 is 0 Å². The molecule has 3 heteroatoms. The summed E-state index contributed by atoms with van der Waals surface area (Å²) in [5, 5.41) is 3.26.